The van der Waals surface area contributed by atoms with Gasteiger partial charge in [0, 0.05) is 35.5 Å². The summed E-state index contributed by atoms with van der Waals surface area (Å²) in [4.78, 5) is 0. The highest BCUT2D eigenvalue weighted by Gasteiger charge is 2.17. The third-order valence-corrected chi connectivity index (χ3v) is 12.8. The number of hydrogen-bond donors (Lipinski definition) is 0. The Hall–Kier alpha value is -4.40. The van der Waals surface area contributed by atoms with Crippen LogP contribution in [0, 0.1) is 0 Å². The summed E-state index contributed by atoms with van der Waals surface area (Å²) >= 11 is 0. The Morgan fingerprint density at radius 2 is 0.706 bits per heavy atom. The van der Waals surface area contributed by atoms with Crippen LogP contribution in [-0.4, -0.2) is 44.8 Å². The Kier molecular flexibility index (Phi) is 24.3. The van der Waals surface area contributed by atoms with E-state index in [-0.39, 0.29) is 11.2 Å². The van der Waals surface area contributed by atoms with Crippen LogP contribution < -0.4 is 0 Å². The maximum absolute atomic E-state index is 6.20. The molecule has 0 spiro atoms. The molecule has 0 N–H and O–H groups in total. The smallest absolute Gasteiger partial charge is 0.248 e. The molecule has 0 aliphatic heterocycles. The zero-order valence-corrected chi connectivity index (χ0v) is 43.4. The molecule has 5 aromatic rings. The molecule has 68 heavy (non-hydrogen) atoms. The molecule has 8 heteroatoms. The summed E-state index contributed by atoms with van der Waals surface area (Å²) in [6.45, 7) is 18.6. The predicted molar refractivity (Wildman–Crippen MR) is 284 cm³/mol. The van der Waals surface area contributed by atoms with E-state index in [4.69, 9.17) is 18.3 Å². The summed E-state index contributed by atoms with van der Waals surface area (Å²) in [6.07, 6.45) is 35.7. The highest BCUT2D eigenvalue weighted by Crippen LogP contribution is 2.32. The molecule has 0 amide bonds. The van der Waals surface area contributed by atoms with Crippen molar-refractivity contribution < 1.29 is 18.3 Å². The zero-order valence-electron chi connectivity index (χ0n) is 43.4. The van der Waals surface area contributed by atoms with Crippen molar-refractivity contribution in [3.05, 3.63) is 90.0 Å². The van der Waals surface area contributed by atoms with Gasteiger partial charge in [0.25, 0.3) is 0 Å². The highest BCUT2D eigenvalue weighted by atomic mass is 16.5. The minimum Gasteiger partial charge on any atom is -0.416 e. The minimum absolute atomic E-state index is 0.00707. The first kappa shape index (κ1) is 54.5. The van der Waals surface area contributed by atoms with Crippen LogP contribution in [0.3, 0.4) is 0 Å². The lowest BCUT2D eigenvalue weighted by atomic mass is 10.0. The van der Waals surface area contributed by atoms with Gasteiger partial charge in [-0.1, -0.05) is 165 Å². The monoisotopic (exact) mass is 929 g/mol. The summed E-state index contributed by atoms with van der Waals surface area (Å²) in [6, 6.07) is 23.0. The van der Waals surface area contributed by atoms with Crippen LogP contribution in [-0.2, 0) is 22.3 Å². The van der Waals surface area contributed by atoms with Crippen molar-refractivity contribution in [1.82, 2.24) is 20.4 Å². The van der Waals surface area contributed by atoms with Crippen LogP contribution in [0.5, 0.6) is 0 Å². The van der Waals surface area contributed by atoms with Crippen LogP contribution in [0.4, 0.5) is 0 Å². The molecule has 0 radical (unpaired) electrons. The molecular formula is C60H88N4O4. The first-order chi connectivity index (χ1) is 33.0. The van der Waals surface area contributed by atoms with Crippen LogP contribution >= 0.6 is 0 Å². The normalized spacial score (nSPS) is 12.0. The number of aromatic nitrogens is 4. The van der Waals surface area contributed by atoms with Gasteiger partial charge in [-0.05, 0) is 139 Å². The summed E-state index contributed by atoms with van der Waals surface area (Å²) in [5.41, 5.74) is 6.96. The van der Waals surface area contributed by atoms with E-state index >= 15 is 0 Å². The molecule has 0 fully saturated rings. The molecule has 8 nitrogen and oxygen atoms in total. The van der Waals surface area contributed by atoms with Crippen LogP contribution in [0.15, 0.2) is 82.1 Å². The van der Waals surface area contributed by atoms with Crippen molar-refractivity contribution in [2.45, 2.75) is 220 Å². The maximum Gasteiger partial charge on any atom is 0.248 e. The molecule has 0 saturated carbocycles. The topological polar surface area (TPSA) is 96.3 Å². The van der Waals surface area contributed by atoms with Crippen LogP contribution in [0.25, 0.3) is 51.9 Å². The largest absolute Gasteiger partial charge is 0.416 e. The molecule has 0 unspecified atom stereocenters. The van der Waals surface area contributed by atoms with E-state index in [0.717, 1.165) is 53.9 Å². The standard InChI is InChI=1S/C60H88N4O4/c1-8-50-47-53(57-63-61-55(67-57)51-39-35-48(36-40-51)33-29-25-21-17-13-9-11-15-19-23-27-31-45-65-59(2,3)4)43-44-54(50)58-64-62-56(68-58)52-41-37-49(38-42-52)34-30-26-22-18-14-10-12-16-20-24-28-32-46-66-60(5,6)7/h8,35-44,47H,1,9-34,45-46H2,2-7H3. The molecule has 372 valence electrons. The van der Waals surface area contributed by atoms with E-state index in [9.17, 15) is 0 Å². The molecule has 0 bridgehead atoms. The Labute approximate surface area is 411 Å². The van der Waals surface area contributed by atoms with Crippen molar-refractivity contribution in [3.8, 4) is 45.8 Å². The molecule has 5 rings (SSSR count). The summed E-state index contributed by atoms with van der Waals surface area (Å²) in [5, 5.41) is 17.6. The lowest BCUT2D eigenvalue weighted by Crippen LogP contribution is -2.19. The highest BCUT2D eigenvalue weighted by molar-refractivity contribution is 5.75. The average Bonchev–Trinajstić information content (AvgIpc) is 4.03. The van der Waals surface area contributed by atoms with Crippen LogP contribution in [0.2, 0.25) is 0 Å². The second-order valence-electron chi connectivity index (χ2n) is 21.1. The first-order valence-electron chi connectivity index (χ1n) is 26.9. The SMILES string of the molecule is C=Cc1cc(-c2nnc(-c3ccc(CCCCCCCCCCCCCCOC(C)(C)C)cc3)o2)ccc1-c1nnc(-c2ccc(CCCCCCCCCCCCCCOC(C)(C)C)cc2)o1. The van der Waals surface area contributed by atoms with E-state index in [1.54, 1.807) is 6.08 Å². The van der Waals surface area contributed by atoms with Gasteiger partial charge in [-0.3, -0.25) is 0 Å². The number of rotatable bonds is 35. The third kappa shape index (κ3) is 21.5. The van der Waals surface area contributed by atoms with Gasteiger partial charge in [-0.15, -0.1) is 20.4 Å². The average molecular weight is 929 g/mol. The molecular weight excluding hydrogens is 841 g/mol. The molecule has 0 aliphatic carbocycles. The van der Waals surface area contributed by atoms with Gasteiger partial charge in [0.15, 0.2) is 0 Å². The molecule has 0 atom stereocenters. The number of unbranched alkanes of at least 4 members (excludes halogenated alkanes) is 22. The Morgan fingerprint density at radius 3 is 1.07 bits per heavy atom. The van der Waals surface area contributed by atoms with E-state index < -0.39 is 0 Å². The fourth-order valence-corrected chi connectivity index (χ4v) is 8.75. The number of ether oxygens (including phenoxy) is 2. The molecule has 0 saturated heterocycles. The summed E-state index contributed by atoms with van der Waals surface area (Å²) in [7, 11) is 0. The second kappa shape index (κ2) is 30.3. The fraction of sp³-hybridized carbons (Fsp3) is 0.600. The van der Waals surface area contributed by atoms with Gasteiger partial charge in [-0.2, -0.15) is 0 Å². The Balaban J connectivity index is 0.941. The van der Waals surface area contributed by atoms with Crippen molar-refractivity contribution >= 4 is 6.08 Å². The summed E-state index contributed by atoms with van der Waals surface area (Å²) < 4.78 is 24.0. The quantitative estimate of drug-likeness (QED) is 0.0371. The fourth-order valence-electron chi connectivity index (χ4n) is 8.75. The first-order valence-corrected chi connectivity index (χ1v) is 26.9. The van der Waals surface area contributed by atoms with Gasteiger partial charge >= 0.3 is 0 Å². The minimum atomic E-state index is -0.00728. The molecule has 2 aromatic heterocycles. The summed E-state index contributed by atoms with van der Waals surface area (Å²) in [5.74, 6) is 1.90. The molecule has 0 aliphatic rings. The zero-order chi connectivity index (χ0) is 48.3. The number of hydrogen-bond acceptors (Lipinski definition) is 8. The molecule has 3 aromatic carbocycles. The van der Waals surface area contributed by atoms with Crippen molar-refractivity contribution in [3.63, 3.8) is 0 Å². The Bertz CT molecular complexity index is 2100. The van der Waals surface area contributed by atoms with Crippen molar-refractivity contribution in [2.24, 2.45) is 0 Å². The van der Waals surface area contributed by atoms with Gasteiger partial charge < -0.3 is 18.3 Å². The lowest BCUT2D eigenvalue weighted by molar-refractivity contribution is -0.00511. The number of aryl methyl sites for hydroxylation is 2. The van der Waals surface area contributed by atoms with E-state index in [0.29, 0.717) is 23.6 Å². The van der Waals surface area contributed by atoms with Crippen molar-refractivity contribution in [2.75, 3.05) is 13.2 Å². The van der Waals surface area contributed by atoms with Gasteiger partial charge in [0.1, 0.15) is 0 Å². The van der Waals surface area contributed by atoms with Gasteiger partial charge in [-0.25, -0.2) is 0 Å². The van der Waals surface area contributed by atoms with E-state index in [1.165, 1.54) is 165 Å². The van der Waals surface area contributed by atoms with E-state index in [2.05, 4.69) is 117 Å². The number of nitrogens with zero attached hydrogens (tertiary/aromatic N) is 4. The van der Waals surface area contributed by atoms with E-state index in [1.807, 2.05) is 18.2 Å². The van der Waals surface area contributed by atoms with Crippen LogP contribution in [0.1, 0.15) is 212 Å². The predicted octanol–water partition coefficient (Wildman–Crippen LogP) is 17.8. The Morgan fingerprint density at radius 1 is 0.397 bits per heavy atom. The third-order valence-electron chi connectivity index (χ3n) is 12.8. The van der Waals surface area contributed by atoms with Crippen molar-refractivity contribution in [1.29, 1.82) is 0 Å². The number of benzene rings is 3. The van der Waals surface area contributed by atoms with Gasteiger partial charge in [0.05, 0.1) is 11.2 Å². The van der Waals surface area contributed by atoms with Gasteiger partial charge in [0.2, 0.25) is 23.6 Å². The molecule has 2 heterocycles. The lowest BCUT2D eigenvalue weighted by Gasteiger charge is -2.19. The second-order valence-corrected chi connectivity index (χ2v) is 21.1. The maximum atomic E-state index is 6.20.